The van der Waals surface area contributed by atoms with Crippen LogP contribution in [0.3, 0.4) is 0 Å². The van der Waals surface area contributed by atoms with Crippen molar-refractivity contribution in [2.75, 3.05) is 109 Å². The number of nitrogens with zero attached hydrogens (tertiary/aromatic N) is 8. The predicted octanol–water partition coefficient (Wildman–Crippen LogP) is 21.8. The van der Waals surface area contributed by atoms with Crippen LogP contribution in [0.25, 0.3) is 48.3 Å². The Morgan fingerprint density at radius 3 is 0.829 bits per heavy atom. The van der Waals surface area contributed by atoms with Crippen LogP contribution in [0.5, 0.6) is 0 Å². The van der Waals surface area contributed by atoms with Crippen LogP contribution in [0.4, 0.5) is 0 Å². The van der Waals surface area contributed by atoms with Crippen molar-refractivity contribution in [1.29, 1.82) is 0 Å². The average Bonchev–Trinajstić information content (AvgIpc) is 0.785. The third kappa shape index (κ3) is 59.1. The third-order valence-electron chi connectivity index (χ3n) is 33.6. The fourth-order valence-corrected chi connectivity index (χ4v) is 24.8. The molecule has 0 heterocycles. The van der Waals surface area contributed by atoms with Crippen LogP contribution in [-0.2, 0) is 130 Å². The van der Waals surface area contributed by atoms with Crippen molar-refractivity contribution in [1.82, 2.24) is 0 Å². The van der Waals surface area contributed by atoms with Gasteiger partial charge in [-0.1, -0.05) is 171 Å². The molecule has 0 aliphatic heterocycles. The number of rotatable bonds is 48. The summed E-state index contributed by atoms with van der Waals surface area (Å²) in [6.07, 6.45) is 51.9. The van der Waals surface area contributed by atoms with Crippen molar-refractivity contribution in [2.24, 2.45) is 71.0 Å². The number of hydrogen-bond donors (Lipinski definition) is 9. The van der Waals surface area contributed by atoms with E-state index in [0.717, 1.165) is 251 Å². The molecule has 0 aromatic heterocycles. The molecule has 34 heteroatoms. The molecule has 12 fully saturated rings. The fourth-order valence-electron chi connectivity index (χ4n) is 24.8. The van der Waals surface area contributed by atoms with E-state index in [1.54, 1.807) is 14.0 Å². The second-order valence-electron chi connectivity index (χ2n) is 44.8. The molecular formula is C112H216N9O21Rh4. The Morgan fingerprint density at radius 1 is 0.295 bits per heavy atom. The summed E-state index contributed by atoms with van der Waals surface area (Å²) in [7, 11) is 12.7. The molecule has 12 aliphatic carbocycles. The molecule has 15 atom stereocenters. The first-order chi connectivity index (χ1) is 68.1. The van der Waals surface area contributed by atoms with Gasteiger partial charge in [-0.3, -0.25) is 26.7 Å². The van der Waals surface area contributed by atoms with Crippen molar-refractivity contribution < 1.29 is 181 Å². The Balaban J connectivity index is 0.000000888. The monoisotopic (exact) mass is 2440 g/mol. The number of nitrogens with one attached hydrogen (secondary N) is 1. The molecule has 12 N–H and O–H groups in total. The molecule has 0 aromatic rings. The van der Waals surface area contributed by atoms with E-state index >= 15 is 0 Å². The van der Waals surface area contributed by atoms with E-state index in [4.69, 9.17) is 89.7 Å². The summed E-state index contributed by atoms with van der Waals surface area (Å²) in [6, 6.07) is 4.05. The van der Waals surface area contributed by atoms with Gasteiger partial charge in [0.1, 0.15) is 0 Å². The first-order valence-corrected chi connectivity index (χ1v) is 57.4. The van der Waals surface area contributed by atoms with Gasteiger partial charge in [0.15, 0.2) is 25.2 Å². The maximum atomic E-state index is 10.4. The zero-order valence-electron chi connectivity index (χ0n) is 93.6. The Bertz CT molecular complexity index is 2720. The van der Waals surface area contributed by atoms with Gasteiger partial charge in [0.25, 0.3) is 0 Å². The quantitative estimate of drug-likeness (QED) is 0.0202. The van der Waals surface area contributed by atoms with E-state index in [0.29, 0.717) is 174 Å². The summed E-state index contributed by atoms with van der Waals surface area (Å²) in [5.74, 6) is 2.07. The predicted molar refractivity (Wildman–Crippen MR) is 571 cm³/mol. The first-order valence-electron chi connectivity index (χ1n) is 57.4. The molecule has 12 rings (SSSR count). The number of hydrogen-bond acceptors (Lipinski definition) is 20. The second kappa shape index (κ2) is 87.1. The molecule has 3 radical (unpaired) electrons. The van der Waals surface area contributed by atoms with E-state index < -0.39 is 25.2 Å². The minimum atomic E-state index is -1.35. The van der Waals surface area contributed by atoms with Gasteiger partial charge in [-0.15, -0.1) is 48.3 Å². The molecule has 0 saturated heterocycles. The van der Waals surface area contributed by atoms with Gasteiger partial charge < -0.3 is 152 Å². The number of ether oxygens (including phenoxy) is 11. The normalized spacial score (nSPS) is 33.7. The van der Waals surface area contributed by atoms with Gasteiger partial charge >= 0.3 is 77.9 Å². The van der Waals surface area contributed by atoms with Crippen LogP contribution >= 0.6 is 0 Å². The van der Waals surface area contributed by atoms with Gasteiger partial charge in [-0.25, -0.2) is 0 Å². The zero-order chi connectivity index (χ0) is 103. The molecule has 12 saturated carbocycles. The Morgan fingerprint density at radius 2 is 0.555 bits per heavy atom. The van der Waals surface area contributed by atoms with E-state index in [9.17, 15) is 46.0 Å². The minimum Gasteiger partial charge on any atom is -0.678 e. The minimum absolute atomic E-state index is 0. The van der Waals surface area contributed by atoms with E-state index in [1.165, 1.54) is 77.0 Å². The molecule has 0 spiro atoms. The largest absolute Gasteiger partial charge is 3.00 e. The van der Waals surface area contributed by atoms with E-state index in [2.05, 4.69) is 66.0 Å². The van der Waals surface area contributed by atoms with Crippen molar-refractivity contribution >= 4 is 0 Å². The third-order valence-corrected chi connectivity index (χ3v) is 33.6. The van der Waals surface area contributed by atoms with Gasteiger partial charge in [-0.2, -0.15) is 6.54 Å². The van der Waals surface area contributed by atoms with Gasteiger partial charge in [0, 0.05) is 99.9 Å². The van der Waals surface area contributed by atoms with Gasteiger partial charge in [0.2, 0.25) is 0 Å². The van der Waals surface area contributed by atoms with Crippen LogP contribution in [0, 0.1) is 71.0 Å². The van der Waals surface area contributed by atoms with Crippen molar-refractivity contribution in [2.45, 2.75) is 537 Å². The molecule has 0 aromatic carbocycles. The molecule has 30 nitrogen and oxygen atoms in total. The van der Waals surface area contributed by atoms with Crippen LogP contribution in [0.15, 0.2) is 0 Å². The van der Waals surface area contributed by atoms with E-state index in [-0.39, 0.29) is 161 Å². The zero-order valence-corrected chi connectivity index (χ0v) is 100. The molecule has 146 heavy (non-hydrogen) atoms. The maximum absolute atomic E-state index is 10.4. The smallest absolute Gasteiger partial charge is 0.678 e. The van der Waals surface area contributed by atoms with Crippen molar-refractivity contribution in [3.8, 4) is 0 Å². The second-order valence-corrected chi connectivity index (χ2v) is 44.8. The standard InChI is InChI=1S/C33H64O7.C18H34O5.3C15H28N2O2.C14H26N2O2.C2H6N.H2O.4Rh/c1-8-11-38-23(7)22(6)15-25-18-29(33(36)37)20-27(31(25)40-13-10-3)16-26-19-28(32(34)35)17-24(14-21(4)5)30(26)39-12-9-2;1-2-8-23-16-7-6-14(18(21)22)11-15(16)10-12-4-3-5-13(9-12)17(19)20;3*1-18-14-7-3-12(4-8-14)16-11-17-13-5-9-15(19-2)10-6-13;1-18-14-8-4-12(5-9-14)16-10-15-11-2-6-13(17)7-3-11;1-2-3;;;;;/h21-37H,8-20H2,1-7H3;12-22H,2-11H2,1H3;3*12-15H,3-11H2,1-2H3;11-14,17H,2-10H2,1H3;3H,2H2,1H3;1H2;;;;/q;;4*-2;-1;;3*+2;+3. The summed E-state index contributed by atoms with van der Waals surface area (Å²) in [6.45, 7) is 25.3. The number of aliphatic hydroxyl groups is 9. The molecule has 0 bridgehead atoms. The van der Waals surface area contributed by atoms with Crippen LogP contribution in [0.2, 0.25) is 0 Å². The molecule has 12 aliphatic rings. The summed E-state index contributed by atoms with van der Waals surface area (Å²) in [5.41, 5.74) is 6.21. The number of methoxy groups -OCH3 is 7. The fraction of sp³-hybridized carbons (Fsp3) is 1.00. The summed E-state index contributed by atoms with van der Waals surface area (Å²) < 4.78 is 62.9. The Labute approximate surface area is 939 Å². The maximum Gasteiger partial charge on any atom is 3.00 e. The summed E-state index contributed by atoms with van der Waals surface area (Å²) in [4.78, 5) is 0. The molecule has 871 valence electrons. The van der Waals surface area contributed by atoms with E-state index in [1.807, 2.05) is 42.7 Å². The summed E-state index contributed by atoms with van der Waals surface area (Å²) >= 11 is 0. The summed E-state index contributed by atoms with van der Waals surface area (Å²) in [5, 5.41) is 126. The van der Waals surface area contributed by atoms with Crippen molar-refractivity contribution in [3.63, 3.8) is 0 Å². The molecule has 0 amide bonds. The topological polar surface area (TPSA) is 452 Å². The van der Waals surface area contributed by atoms with Crippen molar-refractivity contribution in [3.05, 3.63) is 48.3 Å². The Hall–Kier alpha value is 1.29. The van der Waals surface area contributed by atoms with Crippen LogP contribution < -0.4 is 0 Å². The SMILES string of the molecule is CCCOC(C)C(C)CC1CC(C(O)O)CC(CC2CC(C(O)O)CC(CC(C)C)C2OCCC)C1OCCC.CCCOC1CCC(C(O)O)CC1CC1CCCC(C(O)O)C1.CC[NH-].COC1CCC([N-]C[N-]C2CCC(O)CC2)CC1.COC1CCC([N-]C[N-]C2CCC(OC)CC2)CC1.COC1CCC([N-]C[N-]C2CCC(OC)CC2)CC1.COC1CCC([N-]C[N-]C2CCC(OC)CC2)CC1.O.[Rh+2].[Rh+2].[Rh+2].[Rh+3]. The van der Waals surface area contributed by atoms with Gasteiger partial charge in [-0.05, 0) is 266 Å². The first kappa shape index (κ1) is 145. The number of aliphatic hydroxyl groups excluding tert-OH is 5. The molecule has 15 unspecified atom stereocenters. The molecular weight excluding hydrogens is 2220 g/mol. The van der Waals surface area contributed by atoms with Crippen LogP contribution in [-0.4, -0.2) is 308 Å². The average molecular weight is 2440 g/mol. The van der Waals surface area contributed by atoms with Crippen LogP contribution in [0.1, 0.15) is 390 Å². The van der Waals surface area contributed by atoms with Gasteiger partial charge in [0.05, 0.1) is 73.2 Å². The Kier molecular flexibility index (Phi) is 86.7.